The van der Waals surface area contributed by atoms with Gasteiger partial charge in [-0.15, -0.1) is 0 Å². The monoisotopic (exact) mass is 282 g/mol. The lowest BCUT2D eigenvalue weighted by molar-refractivity contribution is 0.247. The molecule has 1 aromatic carbocycles. The van der Waals surface area contributed by atoms with E-state index in [-0.39, 0.29) is 0 Å². The maximum absolute atomic E-state index is 5.42. The molecule has 0 bridgehead atoms. The molecule has 0 aliphatic carbocycles. The zero-order valence-corrected chi connectivity index (χ0v) is 12.5. The van der Waals surface area contributed by atoms with Crippen molar-refractivity contribution in [1.82, 2.24) is 9.88 Å². The summed E-state index contributed by atoms with van der Waals surface area (Å²) in [6.07, 6.45) is 4.44. The van der Waals surface area contributed by atoms with Gasteiger partial charge in [-0.3, -0.25) is 4.90 Å². The summed E-state index contributed by atoms with van der Waals surface area (Å²) >= 11 is 0. The topological polar surface area (TPSA) is 25.4 Å². The molecule has 3 nitrogen and oxygen atoms in total. The fraction of sp³-hybridized carbons (Fsp3) is 0.389. The van der Waals surface area contributed by atoms with Crippen LogP contribution in [0.15, 0.2) is 48.7 Å². The molecule has 3 rings (SSSR count). The normalized spacial score (nSPS) is 18.8. The summed E-state index contributed by atoms with van der Waals surface area (Å²) in [4.78, 5) is 6.95. The van der Waals surface area contributed by atoms with Crippen molar-refractivity contribution in [3.63, 3.8) is 0 Å². The van der Waals surface area contributed by atoms with E-state index in [1.807, 2.05) is 19.2 Å². The number of pyridine rings is 1. The lowest BCUT2D eigenvalue weighted by atomic mass is 10.1. The number of ether oxygens (including phenoxy) is 1. The molecule has 0 N–H and O–H groups in total. The molecule has 2 heterocycles. The van der Waals surface area contributed by atoms with Crippen molar-refractivity contribution in [1.29, 1.82) is 0 Å². The van der Waals surface area contributed by atoms with E-state index >= 15 is 0 Å². The number of rotatable bonds is 5. The van der Waals surface area contributed by atoms with Gasteiger partial charge in [0.2, 0.25) is 5.88 Å². The van der Waals surface area contributed by atoms with Gasteiger partial charge >= 0.3 is 0 Å². The van der Waals surface area contributed by atoms with Crippen LogP contribution in [0.25, 0.3) is 0 Å². The largest absolute Gasteiger partial charge is 0.478 e. The molecule has 110 valence electrons. The lowest BCUT2D eigenvalue weighted by Crippen LogP contribution is -2.22. The molecule has 0 amide bonds. The smallest absolute Gasteiger partial charge is 0.213 e. The van der Waals surface area contributed by atoms with E-state index in [1.165, 1.54) is 24.0 Å². The molecule has 0 saturated carbocycles. The summed E-state index contributed by atoms with van der Waals surface area (Å²) in [7, 11) is 0. The third-order valence-electron chi connectivity index (χ3n) is 4.03. The minimum Gasteiger partial charge on any atom is -0.478 e. The summed E-state index contributed by atoms with van der Waals surface area (Å²) in [6, 6.07) is 15.3. The van der Waals surface area contributed by atoms with Gasteiger partial charge in [0, 0.05) is 24.8 Å². The molecule has 1 atom stereocenters. The molecule has 3 heteroatoms. The van der Waals surface area contributed by atoms with E-state index in [0.717, 1.165) is 13.1 Å². The maximum atomic E-state index is 5.42. The van der Waals surface area contributed by atoms with Crippen LogP contribution in [0.2, 0.25) is 0 Å². The first-order valence-electron chi connectivity index (χ1n) is 7.73. The number of aromatic nitrogens is 1. The second-order valence-corrected chi connectivity index (χ2v) is 5.48. The van der Waals surface area contributed by atoms with Gasteiger partial charge in [0.1, 0.15) is 0 Å². The quantitative estimate of drug-likeness (QED) is 0.833. The fourth-order valence-electron chi connectivity index (χ4n) is 3.03. The molecule has 2 aromatic rings. The summed E-state index contributed by atoms with van der Waals surface area (Å²) < 4.78 is 5.42. The molecule has 1 fully saturated rings. The van der Waals surface area contributed by atoms with Gasteiger partial charge in [0.15, 0.2) is 0 Å². The molecule has 21 heavy (non-hydrogen) atoms. The summed E-state index contributed by atoms with van der Waals surface area (Å²) in [6.45, 7) is 4.82. The van der Waals surface area contributed by atoms with Gasteiger partial charge in [-0.25, -0.2) is 4.98 Å². The van der Waals surface area contributed by atoms with Crippen molar-refractivity contribution in [2.75, 3.05) is 13.2 Å². The molecule has 0 spiro atoms. The van der Waals surface area contributed by atoms with Crippen LogP contribution in [0.1, 0.15) is 36.9 Å². The Labute approximate surface area is 126 Å². The van der Waals surface area contributed by atoms with E-state index in [2.05, 4.69) is 46.3 Å². The first-order valence-corrected chi connectivity index (χ1v) is 7.73. The Hall–Kier alpha value is -1.87. The molecule has 1 saturated heterocycles. The fourth-order valence-corrected chi connectivity index (χ4v) is 3.03. The standard InChI is InChI=1S/C18H22N2O/c1-2-21-18-11-10-16(13-19-18)17-9-6-12-20(17)14-15-7-4-3-5-8-15/h3-5,7-8,10-11,13,17H,2,6,9,12,14H2,1H3/t17-/m0/s1. The second-order valence-electron chi connectivity index (χ2n) is 5.48. The third kappa shape index (κ3) is 3.42. The number of benzene rings is 1. The average molecular weight is 282 g/mol. The Bertz CT molecular complexity index is 553. The van der Waals surface area contributed by atoms with Gasteiger partial charge in [-0.1, -0.05) is 36.4 Å². The van der Waals surface area contributed by atoms with E-state index in [0.29, 0.717) is 18.5 Å². The summed E-state index contributed by atoms with van der Waals surface area (Å²) in [5.41, 5.74) is 2.68. The van der Waals surface area contributed by atoms with Gasteiger partial charge in [-0.2, -0.15) is 0 Å². The van der Waals surface area contributed by atoms with Crippen molar-refractivity contribution in [2.24, 2.45) is 0 Å². The van der Waals surface area contributed by atoms with Crippen molar-refractivity contribution in [2.45, 2.75) is 32.4 Å². The predicted molar refractivity (Wildman–Crippen MR) is 84.2 cm³/mol. The number of nitrogens with zero attached hydrogens (tertiary/aromatic N) is 2. The van der Waals surface area contributed by atoms with E-state index in [9.17, 15) is 0 Å². The molecular weight excluding hydrogens is 260 g/mol. The van der Waals surface area contributed by atoms with Crippen LogP contribution in [0, 0.1) is 0 Å². The highest BCUT2D eigenvalue weighted by molar-refractivity contribution is 5.22. The van der Waals surface area contributed by atoms with Crippen LogP contribution in [0.4, 0.5) is 0 Å². The summed E-state index contributed by atoms with van der Waals surface area (Å²) in [5, 5.41) is 0. The highest BCUT2D eigenvalue weighted by Gasteiger charge is 2.26. The Kier molecular flexibility index (Phi) is 4.51. The predicted octanol–water partition coefficient (Wildman–Crippen LogP) is 3.82. The van der Waals surface area contributed by atoms with Gasteiger partial charge in [0.25, 0.3) is 0 Å². The van der Waals surface area contributed by atoms with Crippen LogP contribution in [-0.2, 0) is 6.54 Å². The van der Waals surface area contributed by atoms with Crippen molar-refractivity contribution in [3.8, 4) is 5.88 Å². The Morgan fingerprint density at radius 2 is 2.05 bits per heavy atom. The number of hydrogen-bond donors (Lipinski definition) is 0. The van der Waals surface area contributed by atoms with Crippen molar-refractivity contribution >= 4 is 0 Å². The van der Waals surface area contributed by atoms with Crippen LogP contribution >= 0.6 is 0 Å². The molecule has 0 unspecified atom stereocenters. The average Bonchev–Trinajstić information content (AvgIpc) is 2.98. The molecule has 1 aromatic heterocycles. The first kappa shape index (κ1) is 14.1. The molecule has 0 radical (unpaired) electrons. The highest BCUT2D eigenvalue weighted by atomic mass is 16.5. The van der Waals surface area contributed by atoms with Gasteiger partial charge in [0.05, 0.1) is 6.61 Å². The molecule has 1 aliphatic rings. The second kappa shape index (κ2) is 6.72. The zero-order valence-electron chi connectivity index (χ0n) is 12.5. The summed E-state index contributed by atoms with van der Waals surface area (Å²) in [5.74, 6) is 0.717. The SMILES string of the molecule is CCOc1ccc([C@@H]2CCCN2Cc2ccccc2)cn1. The van der Waals surface area contributed by atoms with Crippen LogP contribution in [0.3, 0.4) is 0 Å². The third-order valence-corrected chi connectivity index (χ3v) is 4.03. The zero-order chi connectivity index (χ0) is 14.5. The van der Waals surface area contributed by atoms with Crippen molar-refractivity contribution in [3.05, 3.63) is 59.8 Å². The molecule has 1 aliphatic heterocycles. The number of hydrogen-bond acceptors (Lipinski definition) is 3. The van der Waals surface area contributed by atoms with Crippen LogP contribution in [-0.4, -0.2) is 23.0 Å². The Morgan fingerprint density at radius 3 is 2.76 bits per heavy atom. The van der Waals surface area contributed by atoms with E-state index in [1.54, 1.807) is 0 Å². The highest BCUT2D eigenvalue weighted by Crippen LogP contribution is 2.33. The Balaban J connectivity index is 1.71. The van der Waals surface area contributed by atoms with Crippen LogP contribution < -0.4 is 4.74 Å². The van der Waals surface area contributed by atoms with Gasteiger partial charge in [-0.05, 0) is 37.4 Å². The van der Waals surface area contributed by atoms with Crippen LogP contribution in [0.5, 0.6) is 5.88 Å². The maximum Gasteiger partial charge on any atom is 0.213 e. The number of likely N-dealkylation sites (tertiary alicyclic amines) is 1. The van der Waals surface area contributed by atoms with E-state index < -0.39 is 0 Å². The molecular formula is C18H22N2O. The Morgan fingerprint density at radius 1 is 1.19 bits per heavy atom. The minimum absolute atomic E-state index is 0.480. The first-order chi connectivity index (χ1) is 10.4. The minimum atomic E-state index is 0.480. The van der Waals surface area contributed by atoms with Crippen molar-refractivity contribution < 1.29 is 4.74 Å². The van der Waals surface area contributed by atoms with E-state index in [4.69, 9.17) is 4.74 Å². The van der Waals surface area contributed by atoms with Gasteiger partial charge < -0.3 is 4.74 Å². The lowest BCUT2D eigenvalue weighted by Gasteiger charge is -2.24.